The van der Waals surface area contributed by atoms with Crippen molar-refractivity contribution in [2.24, 2.45) is 5.73 Å². The van der Waals surface area contributed by atoms with Crippen molar-refractivity contribution in [3.63, 3.8) is 0 Å². The summed E-state index contributed by atoms with van der Waals surface area (Å²) in [6.45, 7) is 0.867. The Morgan fingerprint density at radius 1 is 1.31 bits per heavy atom. The van der Waals surface area contributed by atoms with Gasteiger partial charge in [0, 0.05) is 6.54 Å². The maximum atomic E-state index is 12.1. The number of carbonyl (C=O) groups is 1. The lowest BCUT2D eigenvalue weighted by atomic mass is 9.97. The van der Waals surface area contributed by atoms with Gasteiger partial charge in [0.05, 0.1) is 12.1 Å². The van der Waals surface area contributed by atoms with Crippen molar-refractivity contribution < 1.29 is 4.79 Å². The summed E-state index contributed by atoms with van der Waals surface area (Å²) in [6, 6.07) is 8.24. The zero-order chi connectivity index (χ0) is 11.1. The van der Waals surface area contributed by atoms with Crippen molar-refractivity contribution in [3.05, 3.63) is 35.4 Å². The molecule has 16 heavy (non-hydrogen) atoms. The smallest absolute Gasteiger partial charge is 0.240 e. The van der Waals surface area contributed by atoms with E-state index in [-0.39, 0.29) is 18.0 Å². The summed E-state index contributed by atoms with van der Waals surface area (Å²) >= 11 is 0. The van der Waals surface area contributed by atoms with Crippen LogP contribution in [0.5, 0.6) is 0 Å². The van der Waals surface area contributed by atoms with E-state index in [1.54, 1.807) is 0 Å². The molecule has 3 nitrogen and oxygen atoms in total. The average Bonchev–Trinajstić information content (AvgIpc) is 2.74. The zero-order valence-electron chi connectivity index (χ0n) is 9.23. The standard InChI is InChI=1S/C13H16N2O/c14-11-8-9-4-1-2-5-10(9)12-6-3-7-15(12)13(11)16/h1-2,4-5,11-12H,3,6-8,14H2/t11-,12+/m1/s1. The average molecular weight is 216 g/mol. The van der Waals surface area contributed by atoms with E-state index in [2.05, 4.69) is 18.2 Å². The second kappa shape index (κ2) is 3.59. The molecule has 0 spiro atoms. The minimum absolute atomic E-state index is 0.124. The maximum absolute atomic E-state index is 12.1. The van der Waals surface area contributed by atoms with Crippen LogP contribution in [-0.2, 0) is 11.2 Å². The number of nitrogens with two attached hydrogens (primary N) is 1. The van der Waals surface area contributed by atoms with Crippen LogP contribution in [0.3, 0.4) is 0 Å². The monoisotopic (exact) mass is 216 g/mol. The number of amides is 1. The van der Waals surface area contributed by atoms with E-state index in [0.29, 0.717) is 6.42 Å². The van der Waals surface area contributed by atoms with Gasteiger partial charge in [0.2, 0.25) is 5.91 Å². The molecule has 1 amide bonds. The molecule has 2 aliphatic rings. The summed E-state index contributed by atoms with van der Waals surface area (Å²) in [5.41, 5.74) is 8.51. The van der Waals surface area contributed by atoms with Gasteiger partial charge in [-0.1, -0.05) is 24.3 Å². The predicted molar refractivity (Wildman–Crippen MR) is 61.8 cm³/mol. The molecule has 1 aromatic carbocycles. The number of rotatable bonds is 0. The first kappa shape index (κ1) is 9.85. The predicted octanol–water partition coefficient (Wildman–Crippen LogP) is 1.23. The quantitative estimate of drug-likeness (QED) is 0.709. The van der Waals surface area contributed by atoms with Crippen molar-refractivity contribution in [3.8, 4) is 0 Å². The third kappa shape index (κ3) is 1.35. The van der Waals surface area contributed by atoms with E-state index < -0.39 is 0 Å². The molecule has 3 rings (SSSR count). The molecule has 0 bridgehead atoms. The molecule has 84 valence electrons. The molecule has 0 radical (unpaired) electrons. The molecule has 2 heterocycles. The number of nitrogens with zero attached hydrogens (tertiary/aromatic N) is 1. The molecule has 2 atom stereocenters. The van der Waals surface area contributed by atoms with Gasteiger partial charge < -0.3 is 10.6 Å². The van der Waals surface area contributed by atoms with Gasteiger partial charge in [-0.2, -0.15) is 0 Å². The van der Waals surface area contributed by atoms with E-state index in [1.165, 1.54) is 11.1 Å². The topological polar surface area (TPSA) is 46.3 Å². The minimum Gasteiger partial charge on any atom is -0.334 e. The molecule has 0 saturated carbocycles. The first-order valence-corrected chi connectivity index (χ1v) is 5.91. The molecule has 2 N–H and O–H groups in total. The second-order valence-electron chi connectivity index (χ2n) is 4.70. The summed E-state index contributed by atoms with van der Waals surface area (Å²) in [5.74, 6) is 0.124. The second-order valence-corrected chi connectivity index (χ2v) is 4.70. The van der Waals surface area contributed by atoms with Crippen LogP contribution in [0.4, 0.5) is 0 Å². The number of benzene rings is 1. The number of hydrogen-bond acceptors (Lipinski definition) is 2. The van der Waals surface area contributed by atoms with E-state index in [1.807, 2.05) is 11.0 Å². The summed E-state index contributed by atoms with van der Waals surface area (Å²) < 4.78 is 0. The molecule has 2 aliphatic heterocycles. The zero-order valence-corrected chi connectivity index (χ0v) is 9.23. The Balaban J connectivity index is 2.10. The van der Waals surface area contributed by atoms with Crippen LogP contribution in [0.1, 0.15) is 30.0 Å². The summed E-state index contributed by atoms with van der Waals surface area (Å²) in [6.07, 6.45) is 2.86. The largest absolute Gasteiger partial charge is 0.334 e. The van der Waals surface area contributed by atoms with Gasteiger partial charge in [-0.05, 0) is 30.4 Å². The van der Waals surface area contributed by atoms with E-state index in [0.717, 1.165) is 19.4 Å². The fraction of sp³-hybridized carbons (Fsp3) is 0.462. The molecular formula is C13H16N2O. The highest BCUT2D eigenvalue weighted by Crippen LogP contribution is 2.36. The van der Waals surface area contributed by atoms with Crippen LogP contribution >= 0.6 is 0 Å². The molecule has 1 fully saturated rings. The Labute approximate surface area is 95.2 Å². The summed E-state index contributed by atoms with van der Waals surface area (Å²) in [5, 5.41) is 0. The van der Waals surface area contributed by atoms with Crippen molar-refractivity contribution >= 4 is 5.91 Å². The SMILES string of the molecule is N[C@@H]1Cc2ccccc2[C@@H]2CCCN2C1=O. The van der Waals surface area contributed by atoms with Crippen LogP contribution in [-0.4, -0.2) is 23.4 Å². The third-order valence-corrected chi connectivity index (χ3v) is 3.71. The summed E-state index contributed by atoms with van der Waals surface area (Å²) in [7, 11) is 0. The Morgan fingerprint density at radius 3 is 3.00 bits per heavy atom. The third-order valence-electron chi connectivity index (χ3n) is 3.71. The number of hydrogen-bond donors (Lipinski definition) is 1. The van der Waals surface area contributed by atoms with Crippen LogP contribution < -0.4 is 5.73 Å². The Morgan fingerprint density at radius 2 is 2.12 bits per heavy atom. The summed E-state index contributed by atoms with van der Waals surface area (Å²) in [4.78, 5) is 14.1. The van der Waals surface area contributed by atoms with Gasteiger partial charge in [0.15, 0.2) is 0 Å². The van der Waals surface area contributed by atoms with Crippen molar-refractivity contribution in [1.82, 2.24) is 4.90 Å². The van der Waals surface area contributed by atoms with Gasteiger partial charge in [-0.3, -0.25) is 4.79 Å². The molecule has 3 heteroatoms. The van der Waals surface area contributed by atoms with Gasteiger partial charge in [0.1, 0.15) is 0 Å². The normalized spacial score (nSPS) is 28.6. The molecule has 1 aromatic rings. The maximum Gasteiger partial charge on any atom is 0.240 e. The number of fused-ring (bicyclic) bond motifs is 3. The fourth-order valence-corrected chi connectivity index (χ4v) is 2.94. The molecule has 1 saturated heterocycles. The van der Waals surface area contributed by atoms with Gasteiger partial charge in [0.25, 0.3) is 0 Å². The van der Waals surface area contributed by atoms with Crippen LogP contribution in [0.15, 0.2) is 24.3 Å². The van der Waals surface area contributed by atoms with Gasteiger partial charge in [-0.25, -0.2) is 0 Å². The minimum atomic E-state index is -0.357. The Kier molecular flexibility index (Phi) is 2.21. The first-order chi connectivity index (χ1) is 7.77. The Hall–Kier alpha value is -1.35. The lowest BCUT2D eigenvalue weighted by Gasteiger charge is -2.24. The van der Waals surface area contributed by atoms with E-state index >= 15 is 0 Å². The number of carbonyl (C=O) groups excluding carboxylic acids is 1. The fourth-order valence-electron chi connectivity index (χ4n) is 2.94. The Bertz CT molecular complexity index is 430. The van der Waals surface area contributed by atoms with Crippen molar-refractivity contribution in [2.45, 2.75) is 31.3 Å². The van der Waals surface area contributed by atoms with Crippen molar-refractivity contribution in [2.75, 3.05) is 6.54 Å². The van der Waals surface area contributed by atoms with Crippen LogP contribution in [0.25, 0.3) is 0 Å². The van der Waals surface area contributed by atoms with Crippen LogP contribution in [0, 0.1) is 0 Å². The molecule has 0 aromatic heterocycles. The van der Waals surface area contributed by atoms with Crippen LogP contribution in [0.2, 0.25) is 0 Å². The lowest BCUT2D eigenvalue weighted by molar-refractivity contribution is -0.133. The highest BCUT2D eigenvalue weighted by molar-refractivity contribution is 5.83. The molecule has 0 unspecified atom stereocenters. The lowest BCUT2D eigenvalue weighted by Crippen LogP contribution is -2.42. The van der Waals surface area contributed by atoms with Gasteiger partial charge in [-0.15, -0.1) is 0 Å². The molecular weight excluding hydrogens is 200 g/mol. The van der Waals surface area contributed by atoms with E-state index in [4.69, 9.17) is 5.73 Å². The van der Waals surface area contributed by atoms with E-state index in [9.17, 15) is 4.79 Å². The van der Waals surface area contributed by atoms with Crippen molar-refractivity contribution in [1.29, 1.82) is 0 Å². The van der Waals surface area contributed by atoms with Gasteiger partial charge >= 0.3 is 0 Å². The highest BCUT2D eigenvalue weighted by Gasteiger charge is 2.36. The molecule has 0 aliphatic carbocycles. The first-order valence-electron chi connectivity index (χ1n) is 5.91. The highest BCUT2D eigenvalue weighted by atomic mass is 16.2.